The molecule has 1 atom stereocenters. The van der Waals surface area contributed by atoms with E-state index in [2.05, 4.69) is 5.32 Å². The molecule has 2 N–H and O–H groups in total. The van der Waals surface area contributed by atoms with E-state index in [0.717, 1.165) is 0 Å². The molecular formula is C19H20FNO3. The zero-order valence-electron chi connectivity index (χ0n) is 13.6. The van der Waals surface area contributed by atoms with Crippen LogP contribution in [0.25, 0.3) is 0 Å². The predicted octanol–water partition coefficient (Wildman–Crippen LogP) is 3.09. The molecule has 0 aliphatic rings. The Morgan fingerprint density at radius 1 is 1.08 bits per heavy atom. The Bertz CT molecular complexity index is 728. The van der Waals surface area contributed by atoms with E-state index in [1.165, 1.54) is 6.07 Å². The summed E-state index contributed by atoms with van der Waals surface area (Å²) in [6, 6.07) is 14.8. The molecule has 0 unspecified atom stereocenters. The van der Waals surface area contributed by atoms with E-state index in [9.17, 15) is 19.1 Å². The van der Waals surface area contributed by atoms with Gasteiger partial charge in [0, 0.05) is 12.1 Å². The zero-order chi connectivity index (χ0) is 17.7. The van der Waals surface area contributed by atoms with Gasteiger partial charge in [-0.05, 0) is 25.5 Å². The summed E-state index contributed by atoms with van der Waals surface area (Å²) in [5.41, 5.74) is -0.228. The molecule has 2 rings (SSSR count). The maximum atomic E-state index is 14.0. The molecule has 0 spiro atoms. The van der Waals surface area contributed by atoms with Crippen LogP contribution in [0.15, 0.2) is 54.6 Å². The van der Waals surface area contributed by atoms with Gasteiger partial charge < -0.3 is 10.4 Å². The fourth-order valence-corrected chi connectivity index (χ4v) is 2.54. The SMILES string of the molecule is CC(C)(C(=O)NC[C@@H](C(=O)O)c1ccccc1)c1ccccc1F. The summed E-state index contributed by atoms with van der Waals surface area (Å²) in [5.74, 6) is -2.76. The Hall–Kier alpha value is -2.69. The molecule has 0 aromatic heterocycles. The third kappa shape index (κ3) is 3.79. The summed E-state index contributed by atoms with van der Waals surface area (Å²) in [7, 11) is 0. The van der Waals surface area contributed by atoms with Gasteiger partial charge in [-0.2, -0.15) is 0 Å². The highest BCUT2D eigenvalue weighted by Gasteiger charge is 2.33. The summed E-state index contributed by atoms with van der Waals surface area (Å²) in [6.45, 7) is 3.16. The van der Waals surface area contributed by atoms with Crippen molar-refractivity contribution >= 4 is 11.9 Å². The number of halogens is 1. The number of carboxylic acids is 1. The number of aliphatic carboxylic acids is 1. The van der Waals surface area contributed by atoms with Crippen LogP contribution in [0.1, 0.15) is 30.9 Å². The lowest BCUT2D eigenvalue weighted by atomic mass is 9.83. The minimum absolute atomic E-state index is 0.0595. The van der Waals surface area contributed by atoms with Crippen molar-refractivity contribution in [2.24, 2.45) is 0 Å². The van der Waals surface area contributed by atoms with Crippen LogP contribution in [0.5, 0.6) is 0 Å². The van der Waals surface area contributed by atoms with Gasteiger partial charge >= 0.3 is 5.97 Å². The first-order valence-corrected chi connectivity index (χ1v) is 7.65. The van der Waals surface area contributed by atoms with Gasteiger partial charge in [0.2, 0.25) is 5.91 Å². The summed E-state index contributed by atoms with van der Waals surface area (Å²) >= 11 is 0. The molecule has 126 valence electrons. The highest BCUT2D eigenvalue weighted by Crippen LogP contribution is 2.26. The van der Waals surface area contributed by atoms with E-state index in [-0.39, 0.29) is 12.1 Å². The minimum atomic E-state index is -1.11. The van der Waals surface area contributed by atoms with E-state index in [1.807, 2.05) is 0 Å². The van der Waals surface area contributed by atoms with Crippen LogP contribution in [0.3, 0.4) is 0 Å². The van der Waals surface area contributed by atoms with Crippen molar-refractivity contribution in [1.82, 2.24) is 5.32 Å². The molecule has 1 amide bonds. The van der Waals surface area contributed by atoms with E-state index < -0.39 is 29.0 Å². The Labute approximate surface area is 140 Å². The molecule has 0 aliphatic carbocycles. The number of carboxylic acid groups (broad SMARTS) is 1. The van der Waals surface area contributed by atoms with Gasteiger partial charge in [0.05, 0.1) is 11.3 Å². The number of carbonyl (C=O) groups is 2. The molecule has 24 heavy (non-hydrogen) atoms. The lowest BCUT2D eigenvalue weighted by molar-refractivity contribution is -0.138. The Morgan fingerprint density at radius 2 is 1.67 bits per heavy atom. The van der Waals surface area contributed by atoms with E-state index >= 15 is 0 Å². The number of rotatable bonds is 6. The first-order valence-electron chi connectivity index (χ1n) is 7.65. The van der Waals surface area contributed by atoms with Gasteiger partial charge in [-0.15, -0.1) is 0 Å². The second-order valence-corrected chi connectivity index (χ2v) is 6.12. The van der Waals surface area contributed by atoms with Gasteiger partial charge in [0.1, 0.15) is 5.82 Å². The molecule has 0 bridgehead atoms. The van der Waals surface area contributed by atoms with E-state index in [4.69, 9.17) is 0 Å². The molecule has 0 heterocycles. The second-order valence-electron chi connectivity index (χ2n) is 6.12. The maximum Gasteiger partial charge on any atom is 0.312 e. The van der Waals surface area contributed by atoms with Crippen LogP contribution in [0, 0.1) is 5.82 Å². The van der Waals surface area contributed by atoms with Gasteiger partial charge in [-0.1, -0.05) is 48.5 Å². The Morgan fingerprint density at radius 3 is 2.25 bits per heavy atom. The molecule has 0 saturated heterocycles. The highest BCUT2D eigenvalue weighted by atomic mass is 19.1. The lowest BCUT2D eigenvalue weighted by Crippen LogP contribution is -2.43. The zero-order valence-corrected chi connectivity index (χ0v) is 13.6. The third-order valence-corrected chi connectivity index (χ3v) is 4.08. The summed E-state index contributed by atoms with van der Waals surface area (Å²) in [5, 5.41) is 12.0. The second kappa shape index (κ2) is 7.25. The number of carbonyl (C=O) groups excluding carboxylic acids is 1. The van der Waals surface area contributed by atoms with Crippen LogP contribution in [0.4, 0.5) is 4.39 Å². The minimum Gasteiger partial charge on any atom is -0.481 e. The molecule has 0 fully saturated rings. The number of benzene rings is 2. The van der Waals surface area contributed by atoms with Crippen molar-refractivity contribution in [3.8, 4) is 0 Å². The third-order valence-electron chi connectivity index (χ3n) is 4.08. The summed E-state index contributed by atoms with van der Waals surface area (Å²) < 4.78 is 14.0. The van der Waals surface area contributed by atoms with E-state index in [0.29, 0.717) is 5.56 Å². The van der Waals surface area contributed by atoms with Crippen molar-refractivity contribution in [2.75, 3.05) is 6.54 Å². The fourth-order valence-electron chi connectivity index (χ4n) is 2.54. The number of amides is 1. The predicted molar refractivity (Wildman–Crippen MR) is 89.3 cm³/mol. The molecule has 2 aromatic carbocycles. The average Bonchev–Trinajstić information content (AvgIpc) is 2.55. The topological polar surface area (TPSA) is 66.4 Å². The largest absolute Gasteiger partial charge is 0.481 e. The monoisotopic (exact) mass is 329 g/mol. The molecular weight excluding hydrogens is 309 g/mol. The van der Waals surface area contributed by atoms with Crippen LogP contribution in [0.2, 0.25) is 0 Å². The van der Waals surface area contributed by atoms with Gasteiger partial charge in [0.15, 0.2) is 0 Å². The van der Waals surface area contributed by atoms with Crippen molar-refractivity contribution in [3.63, 3.8) is 0 Å². The summed E-state index contributed by atoms with van der Waals surface area (Å²) in [6.07, 6.45) is 0. The first kappa shape index (κ1) is 17.7. The van der Waals surface area contributed by atoms with Crippen LogP contribution in [-0.2, 0) is 15.0 Å². The van der Waals surface area contributed by atoms with Crippen LogP contribution >= 0.6 is 0 Å². The van der Waals surface area contributed by atoms with Gasteiger partial charge in [-0.3, -0.25) is 9.59 Å². The van der Waals surface area contributed by atoms with Gasteiger partial charge in [-0.25, -0.2) is 4.39 Å². The van der Waals surface area contributed by atoms with Crippen LogP contribution < -0.4 is 5.32 Å². The van der Waals surface area contributed by atoms with Crippen molar-refractivity contribution < 1.29 is 19.1 Å². The van der Waals surface area contributed by atoms with Crippen molar-refractivity contribution in [3.05, 3.63) is 71.5 Å². The van der Waals surface area contributed by atoms with Crippen molar-refractivity contribution in [2.45, 2.75) is 25.2 Å². The first-order chi connectivity index (χ1) is 11.3. The molecule has 0 radical (unpaired) electrons. The standard InChI is InChI=1S/C19H20FNO3/c1-19(2,15-10-6-7-11-16(15)20)18(24)21-12-14(17(22)23)13-8-4-3-5-9-13/h3-11,14H,12H2,1-2H3,(H,21,24)(H,22,23)/t14-/m1/s1. The maximum absolute atomic E-state index is 14.0. The smallest absolute Gasteiger partial charge is 0.312 e. The quantitative estimate of drug-likeness (QED) is 0.856. The normalized spacial score (nSPS) is 12.5. The molecule has 2 aromatic rings. The number of nitrogens with one attached hydrogen (secondary N) is 1. The number of hydrogen-bond donors (Lipinski definition) is 2. The summed E-state index contributed by atoms with van der Waals surface area (Å²) in [4.78, 5) is 24.0. The average molecular weight is 329 g/mol. The lowest BCUT2D eigenvalue weighted by Gasteiger charge is -2.25. The fraction of sp³-hybridized carbons (Fsp3) is 0.263. The molecule has 4 nitrogen and oxygen atoms in total. The van der Waals surface area contributed by atoms with E-state index in [1.54, 1.807) is 62.4 Å². The number of hydrogen-bond acceptors (Lipinski definition) is 2. The van der Waals surface area contributed by atoms with Crippen molar-refractivity contribution in [1.29, 1.82) is 0 Å². The Balaban J connectivity index is 2.14. The molecule has 5 heteroatoms. The highest BCUT2D eigenvalue weighted by molar-refractivity contribution is 5.88. The molecule has 0 saturated carbocycles. The van der Waals surface area contributed by atoms with Crippen LogP contribution in [-0.4, -0.2) is 23.5 Å². The van der Waals surface area contributed by atoms with Gasteiger partial charge in [0.25, 0.3) is 0 Å². The Kier molecular flexibility index (Phi) is 5.34. The molecule has 0 aliphatic heterocycles.